The summed E-state index contributed by atoms with van der Waals surface area (Å²) in [6, 6.07) is 1.83. The average Bonchev–Trinajstić information content (AvgIpc) is 2.40. The van der Waals surface area contributed by atoms with Gasteiger partial charge in [0.15, 0.2) is 0 Å². The van der Waals surface area contributed by atoms with E-state index >= 15 is 0 Å². The van der Waals surface area contributed by atoms with Crippen LogP contribution in [0.25, 0.3) is 0 Å². The van der Waals surface area contributed by atoms with Crippen molar-refractivity contribution in [1.82, 2.24) is 15.3 Å². The lowest BCUT2D eigenvalue weighted by molar-refractivity contribution is 0.133. The number of hydrogen-bond donors (Lipinski definition) is 2. The standard InChI is InChI=1S/C13H21N3O/c17-10-12-5-2-1-4-11(12)8-14-9-13-15-6-3-7-16-13/h3,6-7,11-12,14,17H,1-2,4-5,8-10H2. The van der Waals surface area contributed by atoms with Crippen LogP contribution in [0.15, 0.2) is 18.5 Å². The monoisotopic (exact) mass is 235 g/mol. The van der Waals surface area contributed by atoms with Gasteiger partial charge in [-0.1, -0.05) is 12.8 Å². The molecule has 4 heteroatoms. The zero-order chi connectivity index (χ0) is 11.9. The van der Waals surface area contributed by atoms with Crippen LogP contribution < -0.4 is 5.32 Å². The average molecular weight is 235 g/mol. The summed E-state index contributed by atoms with van der Waals surface area (Å²) in [5, 5.41) is 12.7. The molecule has 0 saturated heterocycles. The van der Waals surface area contributed by atoms with E-state index in [9.17, 15) is 5.11 Å². The summed E-state index contributed by atoms with van der Waals surface area (Å²) < 4.78 is 0. The first-order valence-electron chi connectivity index (χ1n) is 6.47. The van der Waals surface area contributed by atoms with Crippen molar-refractivity contribution >= 4 is 0 Å². The lowest BCUT2D eigenvalue weighted by Crippen LogP contribution is -2.32. The number of nitrogens with zero attached hydrogens (tertiary/aromatic N) is 2. The van der Waals surface area contributed by atoms with E-state index < -0.39 is 0 Å². The van der Waals surface area contributed by atoms with E-state index in [1.54, 1.807) is 12.4 Å². The minimum absolute atomic E-state index is 0.328. The Morgan fingerprint density at radius 1 is 1.18 bits per heavy atom. The zero-order valence-electron chi connectivity index (χ0n) is 10.2. The van der Waals surface area contributed by atoms with Gasteiger partial charge >= 0.3 is 0 Å². The van der Waals surface area contributed by atoms with Crippen molar-refractivity contribution in [1.29, 1.82) is 0 Å². The Kier molecular flexibility index (Phi) is 4.88. The summed E-state index contributed by atoms with van der Waals surface area (Å²) in [7, 11) is 0. The lowest BCUT2D eigenvalue weighted by Gasteiger charge is -2.30. The molecule has 1 heterocycles. The first kappa shape index (κ1) is 12.5. The second-order valence-electron chi connectivity index (χ2n) is 4.78. The van der Waals surface area contributed by atoms with E-state index in [1.807, 2.05) is 6.07 Å². The van der Waals surface area contributed by atoms with E-state index in [1.165, 1.54) is 25.7 Å². The molecule has 0 bridgehead atoms. The Bertz CT molecular complexity index is 318. The van der Waals surface area contributed by atoms with Crippen molar-refractivity contribution in [3.05, 3.63) is 24.3 Å². The topological polar surface area (TPSA) is 58.0 Å². The molecule has 0 amide bonds. The molecule has 2 rings (SSSR count). The molecule has 4 nitrogen and oxygen atoms in total. The fraction of sp³-hybridized carbons (Fsp3) is 0.692. The predicted octanol–water partition coefficient (Wildman–Crippen LogP) is 1.36. The molecule has 1 aromatic heterocycles. The third-order valence-electron chi connectivity index (χ3n) is 3.61. The van der Waals surface area contributed by atoms with Gasteiger partial charge in [0.05, 0.1) is 6.54 Å². The van der Waals surface area contributed by atoms with Crippen LogP contribution in [0.3, 0.4) is 0 Å². The highest BCUT2D eigenvalue weighted by Gasteiger charge is 2.23. The maximum absolute atomic E-state index is 9.33. The Morgan fingerprint density at radius 2 is 1.88 bits per heavy atom. The predicted molar refractivity (Wildman–Crippen MR) is 66.3 cm³/mol. The van der Waals surface area contributed by atoms with Crippen molar-refractivity contribution in [2.45, 2.75) is 32.2 Å². The molecular weight excluding hydrogens is 214 g/mol. The van der Waals surface area contributed by atoms with Gasteiger partial charge < -0.3 is 10.4 Å². The Labute approximate surface area is 102 Å². The number of nitrogens with one attached hydrogen (secondary N) is 1. The van der Waals surface area contributed by atoms with E-state index in [-0.39, 0.29) is 0 Å². The second-order valence-corrected chi connectivity index (χ2v) is 4.78. The van der Waals surface area contributed by atoms with Crippen molar-refractivity contribution in [3.63, 3.8) is 0 Å². The molecule has 94 valence electrons. The third-order valence-corrected chi connectivity index (χ3v) is 3.61. The third kappa shape index (κ3) is 3.75. The highest BCUT2D eigenvalue weighted by molar-refractivity contribution is 4.88. The number of aromatic nitrogens is 2. The summed E-state index contributed by atoms with van der Waals surface area (Å²) >= 11 is 0. The molecule has 1 aliphatic carbocycles. The normalized spacial score (nSPS) is 24.8. The molecule has 1 aliphatic rings. The fourth-order valence-electron chi connectivity index (χ4n) is 2.58. The van der Waals surface area contributed by atoms with Gasteiger partial charge in [0.1, 0.15) is 5.82 Å². The SMILES string of the molecule is OCC1CCCCC1CNCc1ncccn1. The lowest BCUT2D eigenvalue weighted by atomic mass is 9.79. The molecule has 1 fully saturated rings. The molecule has 0 aromatic carbocycles. The van der Waals surface area contributed by atoms with E-state index in [0.29, 0.717) is 18.4 Å². The highest BCUT2D eigenvalue weighted by Crippen LogP contribution is 2.28. The number of hydrogen-bond acceptors (Lipinski definition) is 4. The fourth-order valence-corrected chi connectivity index (χ4v) is 2.58. The molecule has 0 spiro atoms. The molecule has 0 radical (unpaired) electrons. The van der Waals surface area contributed by atoms with E-state index in [0.717, 1.165) is 18.9 Å². The van der Waals surface area contributed by atoms with Crippen molar-refractivity contribution < 1.29 is 5.11 Å². The Balaban J connectivity index is 1.74. The molecule has 1 aromatic rings. The van der Waals surface area contributed by atoms with Crippen LogP contribution in [0.2, 0.25) is 0 Å². The van der Waals surface area contributed by atoms with Crippen molar-refractivity contribution in [2.75, 3.05) is 13.2 Å². The Hall–Kier alpha value is -1.00. The quantitative estimate of drug-likeness (QED) is 0.809. The smallest absolute Gasteiger partial charge is 0.141 e. The van der Waals surface area contributed by atoms with Crippen LogP contribution in [0.4, 0.5) is 0 Å². The van der Waals surface area contributed by atoms with Crippen LogP contribution in [0, 0.1) is 11.8 Å². The summed E-state index contributed by atoms with van der Waals surface area (Å²) in [5.74, 6) is 1.93. The van der Waals surface area contributed by atoms with Gasteiger partial charge in [0.2, 0.25) is 0 Å². The maximum Gasteiger partial charge on any atom is 0.141 e. The number of aliphatic hydroxyl groups excluding tert-OH is 1. The molecular formula is C13H21N3O. The maximum atomic E-state index is 9.33. The largest absolute Gasteiger partial charge is 0.396 e. The second kappa shape index (κ2) is 6.67. The van der Waals surface area contributed by atoms with Crippen LogP contribution in [-0.4, -0.2) is 28.2 Å². The first-order chi connectivity index (χ1) is 8.40. The minimum atomic E-state index is 0.328. The van der Waals surface area contributed by atoms with E-state index in [4.69, 9.17) is 0 Å². The number of rotatable bonds is 5. The summed E-state index contributed by atoms with van der Waals surface area (Å²) in [6.07, 6.45) is 8.50. The summed E-state index contributed by atoms with van der Waals surface area (Å²) in [5.41, 5.74) is 0. The van der Waals surface area contributed by atoms with Gasteiger partial charge in [0.25, 0.3) is 0 Å². The van der Waals surface area contributed by atoms with Crippen LogP contribution in [0.5, 0.6) is 0 Å². The molecule has 2 unspecified atom stereocenters. The summed E-state index contributed by atoms with van der Waals surface area (Å²) in [4.78, 5) is 8.36. The molecule has 1 saturated carbocycles. The number of aliphatic hydroxyl groups is 1. The molecule has 2 N–H and O–H groups in total. The van der Waals surface area contributed by atoms with Gasteiger partial charge in [-0.05, 0) is 37.3 Å². The van der Waals surface area contributed by atoms with Crippen molar-refractivity contribution in [3.8, 4) is 0 Å². The zero-order valence-corrected chi connectivity index (χ0v) is 10.2. The Morgan fingerprint density at radius 3 is 2.59 bits per heavy atom. The van der Waals surface area contributed by atoms with Crippen molar-refractivity contribution in [2.24, 2.45) is 11.8 Å². The highest BCUT2D eigenvalue weighted by atomic mass is 16.3. The van der Waals surface area contributed by atoms with Gasteiger partial charge in [0, 0.05) is 19.0 Å². The molecule has 2 atom stereocenters. The van der Waals surface area contributed by atoms with Gasteiger partial charge in [-0.2, -0.15) is 0 Å². The first-order valence-corrected chi connectivity index (χ1v) is 6.47. The van der Waals surface area contributed by atoms with E-state index in [2.05, 4.69) is 15.3 Å². The van der Waals surface area contributed by atoms with Gasteiger partial charge in [-0.15, -0.1) is 0 Å². The molecule has 17 heavy (non-hydrogen) atoms. The van der Waals surface area contributed by atoms with Gasteiger partial charge in [-0.25, -0.2) is 9.97 Å². The van der Waals surface area contributed by atoms with Crippen LogP contribution >= 0.6 is 0 Å². The summed E-state index contributed by atoms with van der Waals surface area (Å²) in [6.45, 7) is 2.01. The minimum Gasteiger partial charge on any atom is -0.396 e. The van der Waals surface area contributed by atoms with Crippen LogP contribution in [-0.2, 0) is 6.54 Å². The van der Waals surface area contributed by atoms with Crippen LogP contribution in [0.1, 0.15) is 31.5 Å². The van der Waals surface area contributed by atoms with Gasteiger partial charge in [-0.3, -0.25) is 0 Å². The molecule has 0 aliphatic heterocycles.